The van der Waals surface area contributed by atoms with Crippen LogP contribution in [0.1, 0.15) is 28.7 Å². The number of sulfonamides is 1. The van der Waals surface area contributed by atoms with Crippen molar-refractivity contribution in [3.63, 3.8) is 0 Å². The molecular weight excluding hydrogens is 336 g/mol. The van der Waals surface area contributed by atoms with Gasteiger partial charge in [-0.2, -0.15) is 4.31 Å². The Morgan fingerprint density at radius 3 is 2.40 bits per heavy atom. The average Bonchev–Trinajstić information content (AvgIpc) is 3.03. The predicted molar refractivity (Wildman–Crippen MR) is 97.4 cm³/mol. The number of ether oxygens (including phenoxy) is 1. The topological polar surface area (TPSA) is 59.5 Å². The van der Waals surface area contributed by atoms with Crippen LogP contribution in [0.2, 0.25) is 0 Å². The molecule has 0 aliphatic carbocycles. The van der Waals surface area contributed by atoms with Crippen LogP contribution in [0.25, 0.3) is 0 Å². The lowest BCUT2D eigenvalue weighted by Gasteiger charge is -2.21. The van der Waals surface area contributed by atoms with Crippen molar-refractivity contribution in [1.29, 1.82) is 0 Å². The van der Waals surface area contributed by atoms with Gasteiger partial charge in [-0.05, 0) is 62.4 Å². The molecule has 134 valence electrons. The summed E-state index contributed by atoms with van der Waals surface area (Å²) in [5.41, 5.74) is 3.67. The van der Waals surface area contributed by atoms with Gasteiger partial charge in [-0.1, -0.05) is 12.1 Å². The van der Waals surface area contributed by atoms with Crippen LogP contribution in [0.5, 0.6) is 5.88 Å². The first-order chi connectivity index (χ1) is 11.8. The Hall–Kier alpha value is -1.92. The molecule has 1 aliphatic heterocycles. The minimum Gasteiger partial charge on any atom is -0.473 e. The lowest BCUT2D eigenvalue weighted by molar-refractivity contribution is 0.207. The van der Waals surface area contributed by atoms with Gasteiger partial charge in [0.2, 0.25) is 15.9 Å². The Morgan fingerprint density at radius 1 is 1.12 bits per heavy atom. The quantitative estimate of drug-likeness (QED) is 0.840. The molecule has 1 unspecified atom stereocenters. The van der Waals surface area contributed by atoms with Crippen LogP contribution in [0.15, 0.2) is 35.4 Å². The molecule has 0 amide bonds. The van der Waals surface area contributed by atoms with E-state index in [1.54, 1.807) is 12.3 Å². The fraction of sp³-hybridized carbons (Fsp3) is 0.421. The van der Waals surface area contributed by atoms with Crippen molar-refractivity contribution < 1.29 is 13.2 Å². The van der Waals surface area contributed by atoms with Crippen LogP contribution in [0.3, 0.4) is 0 Å². The maximum atomic E-state index is 13.2. The molecule has 1 aromatic heterocycles. The van der Waals surface area contributed by atoms with Gasteiger partial charge in [0.25, 0.3) is 0 Å². The van der Waals surface area contributed by atoms with E-state index in [1.165, 1.54) is 4.31 Å². The Morgan fingerprint density at radius 2 is 1.80 bits per heavy atom. The van der Waals surface area contributed by atoms with Gasteiger partial charge < -0.3 is 4.74 Å². The minimum absolute atomic E-state index is 0.170. The van der Waals surface area contributed by atoms with Crippen LogP contribution in [-0.2, 0) is 10.0 Å². The molecule has 0 saturated carbocycles. The summed E-state index contributed by atoms with van der Waals surface area (Å²) in [6.45, 7) is 8.49. The van der Waals surface area contributed by atoms with E-state index in [-0.39, 0.29) is 6.10 Å². The minimum atomic E-state index is -3.54. The number of nitrogens with zero attached hydrogens (tertiary/aromatic N) is 2. The Labute approximate surface area is 149 Å². The number of aryl methyl sites for hydroxylation is 2. The van der Waals surface area contributed by atoms with Gasteiger partial charge in [-0.15, -0.1) is 0 Å². The fourth-order valence-electron chi connectivity index (χ4n) is 3.30. The van der Waals surface area contributed by atoms with Gasteiger partial charge in [0.15, 0.2) is 0 Å². The summed E-state index contributed by atoms with van der Waals surface area (Å²) >= 11 is 0. The van der Waals surface area contributed by atoms with E-state index >= 15 is 0 Å². The van der Waals surface area contributed by atoms with Crippen molar-refractivity contribution in [2.24, 2.45) is 0 Å². The molecule has 5 nitrogen and oxygen atoms in total. The normalized spacial score (nSPS) is 18.5. The molecule has 25 heavy (non-hydrogen) atoms. The molecular formula is C19H24N2O3S. The maximum absolute atomic E-state index is 13.2. The first-order valence-electron chi connectivity index (χ1n) is 8.46. The van der Waals surface area contributed by atoms with Crippen LogP contribution < -0.4 is 4.74 Å². The second kappa shape index (κ2) is 6.77. The molecule has 6 heteroatoms. The van der Waals surface area contributed by atoms with Crippen molar-refractivity contribution in [3.8, 4) is 5.88 Å². The molecule has 2 heterocycles. The van der Waals surface area contributed by atoms with Crippen LogP contribution in [0.4, 0.5) is 0 Å². The highest BCUT2D eigenvalue weighted by molar-refractivity contribution is 7.89. The van der Waals surface area contributed by atoms with E-state index in [9.17, 15) is 8.42 Å². The van der Waals surface area contributed by atoms with Gasteiger partial charge in [0.1, 0.15) is 6.10 Å². The van der Waals surface area contributed by atoms with Gasteiger partial charge in [0.05, 0.1) is 11.4 Å². The van der Waals surface area contributed by atoms with Gasteiger partial charge in [-0.3, -0.25) is 0 Å². The molecule has 0 radical (unpaired) electrons. The van der Waals surface area contributed by atoms with E-state index in [4.69, 9.17) is 4.74 Å². The van der Waals surface area contributed by atoms with Crippen molar-refractivity contribution in [2.75, 3.05) is 13.1 Å². The number of pyridine rings is 1. The third kappa shape index (κ3) is 3.41. The first-order valence-corrected chi connectivity index (χ1v) is 9.90. The van der Waals surface area contributed by atoms with Gasteiger partial charge in [0, 0.05) is 18.8 Å². The predicted octanol–water partition coefficient (Wildman–Crippen LogP) is 3.16. The number of hydrogen-bond acceptors (Lipinski definition) is 4. The lowest BCUT2D eigenvalue weighted by atomic mass is 10.0. The van der Waals surface area contributed by atoms with Crippen LogP contribution in [0, 0.1) is 27.7 Å². The lowest BCUT2D eigenvalue weighted by Crippen LogP contribution is -2.32. The van der Waals surface area contributed by atoms with Crippen LogP contribution in [-0.4, -0.2) is 36.9 Å². The average molecular weight is 360 g/mol. The number of benzene rings is 1. The molecule has 1 aromatic carbocycles. The molecule has 1 saturated heterocycles. The Kier molecular flexibility index (Phi) is 4.84. The van der Waals surface area contributed by atoms with E-state index < -0.39 is 10.0 Å². The standard InChI is InChI=1S/C19H24N2O3S/c1-13-11-14(2)16(4)19(15(13)3)25(22,23)21-10-8-17(12-21)24-18-7-5-6-9-20-18/h5-7,9,11,17H,8,10,12H2,1-4H3. The summed E-state index contributed by atoms with van der Waals surface area (Å²) < 4.78 is 33.8. The molecule has 0 bridgehead atoms. The highest BCUT2D eigenvalue weighted by Crippen LogP contribution is 2.31. The number of aromatic nitrogens is 1. The number of rotatable bonds is 4. The summed E-state index contributed by atoms with van der Waals surface area (Å²) in [5.74, 6) is 0.533. The summed E-state index contributed by atoms with van der Waals surface area (Å²) in [7, 11) is -3.54. The zero-order valence-electron chi connectivity index (χ0n) is 15.1. The van der Waals surface area contributed by atoms with E-state index in [1.807, 2.05) is 45.9 Å². The highest BCUT2D eigenvalue weighted by atomic mass is 32.2. The largest absolute Gasteiger partial charge is 0.473 e. The molecule has 3 rings (SSSR count). The van der Waals surface area contributed by atoms with Gasteiger partial charge in [-0.25, -0.2) is 13.4 Å². The third-order valence-electron chi connectivity index (χ3n) is 4.93. The maximum Gasteiger partial charge on any atom is 0.243 e. The van der Waals surface area contributed by atoms with Crippen molar-refractivity contribution in [1.82, 2.24) is 9.29 Å². The van der Waals surface area contributed by atoms with Crippen molar-refractivity contribution >= 4 is 10.0 Å². The summed E-state index contributed by atoms with van der Waals surface area (Å²) in [6.07, 6.45) is 2.16. The Balaban J connectivity index is 1.85. The summed E-state index contributed by atoms with van der Waals surface area (Å²) in [6, 6.07) is 7.51. The van der Waals surface area contributed by atoms with Gasteiger partial charge >= 0.3 is 0 Å². The summed E-state index contributed by atoms with van der Waals surface area (Å²) in [4.78, 5) is 4.60. The second-order valence-corrected chi connectivity index (χ2v) is 8.52. The molecule has 1 aliphatic rings. The van der Waals surface area contributed by atoms with Crippen molar-refractivity contribution in [3.05, 3.63) is 52.7 Å². The van der Waals surface area contributed by atoms with E-state index in [2.05, 4.69) is 4.98 Å². The monoisotopic (exact) mass is 360 g/mol. The SMILES string of the molecule is Cc1cc(C)c(C)c(S(=O)(=O)N2CCC(Oc3ccccn3)C2)c1C. The molecule has 2 aromatic rings. The van der Waals surface area contributed by atoms with Crippen molar-refractivity contribution in [2.45, 2.75) is 45.1 Å². The molecule has 1 atom stereocenters. The molecule has 1 fully saturated rings. The molecule has 0 N–H and O–H groups in total. The third-order valence-corrected chi connectivity index (χ3v) is 7.07. The zero-order valence-corrected chi connectivity index (χ0v) is 15.9. The smallest absolute Gasteiger partial charge is 0.243 e. The Bertz CT molecular complexity index is 853. The molecule has 0 spiro atoms. The van der Waals surface area contributed by atoms with E-state index in [0.717, 1.165) is 22.3 Å². The van der Waals surface area contributed by atoms with E-state index in [0.29, 0.717) is 30.3 Å². The second-order valence-electron chi connectivity index (χ2n) is 6.65. The zero-order chi connectivity index (χ0) is 18.2. The number of hydrogen-bond donors (Lipinski definition) is 0. The van der Waals surface area contributed by atoms with Crippen LogP contribution >= 0.6 is 0 Å². The fourth-order valence-corrected chi connectivity index (χ4v) is 5.36. The highest BCUT2D eigenvalue weighted by Gasteiger charge is 2.36. The summed E-state index contributed by atoms with van der Waals surface area (Å²) in [5, 5.41) is 0. The first kappa shape index (κ1) is 17.9.